The van der Waals surface area contributed by atoms with Crippen molar-refractivity contribution in [2.75, 3.05) is 0 Å². The first-order valence-corrected chi connectivity index (χ1v) is 5.33. The second-order valence-corrected chi connectivity index (χ2v) is 6.22. The maximum atomic E-state index is 2.51. The first-order valence-electron chi connectivity index (χ1n) is 5.33. The largest absolute Gasteiger partial charge is 0.0620 e. The zero-order valence-corrected chi connectivity index (χ0v) is 9.20. The first-order chi connectivity index (χ1) is 5.33. The predicted molar refractivity (Wildman–Crippen MR) is 53.0 cm³/mol. The Morgan fingerprint density at radius 2 is 1.58 bits per heavy atom. The van der Waals surface area contributed by atoms with Gasteiger partial charge < -0.3 is 0 Å². The smallest absolute Gasteiger partial charge is 0.0218 e. The summed E-state index contributed by atoms with van der Waals surface area (Å²) in [6.07, 6.45) is 4.38. The molecule has 12 heavy (non-hydrogen) atoms. The van der Waals surface area contributed by atoms with Crippen LogP contribution in [0.1, 0.15) is 53.9 Å². The lowest BCUT2D eigenvalue weighted by atomic mass is 9.47. The van der Waals surface area contributed by atoms with Crippen LogP contribution in [0.4, 0.5) is 0 Å². The van der Waals surface area contributed by atoms with Crippen LogP contribution in [0.15, 0.2) is 0 Å². The third-order valence-corrected chi connectivity index (χ3v) is 5.92. The molecule has 2 aliphatic carbocycles. The van der Waals surface area contributed by atoms with Crippen molar-refractivity contribution in [2.45, 2.75) is 53.9 Å². The summed E-state index contributed by atoms with van der Waals surface area (Å²) in [7, 11) is 0. The van der Waals surface area contributed by atoms with E-state index in [-0.39, 0.29) is 0 Å². The van der Waals surface area contributed by atoms with Crippen LogP contribution in [0.3, 0.4) is 0 Å². The third-order valence-electron chi connectivity index (χ3n) is 5.92. The van der Waals surface area contributed by atoms with Crippen molar-refractivity contribution in [1.82, 2.24) is 0 Å². The van der Waals surface area contributed by atoms with Gasteiger partial charge in [-0.3, -0.25) is 0 Å². The number of fused-ring (bicyclic) bond motifs is 1. The fourth-order valence-corrected chi connectivity index (χ4v) is 3.83. The predicted octanol–water partition coefficient (Wildman–Crippen LogP) is 3.86. The molecule has 0 bridgehead atoms. The molecule has 2 saturated carbocycles. The summed E-state index contributed by atoms with van der Waals surface area (Å²) in [6, 6.07) is 0. The summed E-state index contributed by atoms with van der Waals surface area (Å²) in [4.78, 5) is 0. The SMILES string of the molecule is CC1CC2(C)CCC2(C)C1(C)C. The minimum absolute atomic E-state index is 0.569. The lowest BCUT2D eigenvalue weighted by molar-refractivity contribution is -0.0871. The topological polar surface area (TPSA) is 0 Å². The first kappa shape index (κ1) is 8.59. The molecule has 3 atom stereocenters. The average Bonchev–Trinajstić information content (AvgIpc) is 2.05. The van der Waals surface area contributed by atoms with E-state index in [1.54, 1.807) is 0 Å². The van der Waals surface area contributed by atoms with Gasteiger partial charge in [0, 0.05) is 0 Å². The Balaban J connectivity index is 2.41. The molecule has 3 unspecified atom stereocenters. The summed E-state index contributed by atoms with van der Waals surface area (Å²) >= 11 is 0. The lowest BCUT2D eigenvalue weighted by Crippen LogP contribution is -2.50. The Hall–Kier alpha value is 0. The van der Waals surface area contributed by atoms with E-state index >= 15 is 0 Å². The molecule has 0 aromatic rings. The van der Waals surface area contributed by atoms with Gasteiger partial charge in [-0.2, -0.15) is 0 Å². The standard InChI is InChI=1S/C12H22/c1-9-8-11(4)6-7-12(11,5)10(9,2)3/h9H,6-8H2,1-5H3. The van der Waals surface area contributed by atoms with E-state index in [1.807, 2.05) is 0 Å². The van der Waals surface area contributed by atoms with Crippen LogP contribution in [0.5, 0.6) is 0 Å². The van der Waals surface area contributed by atoms with Gasteiger partial charge in [-0.1, -0.05) is 34.6 Å². The quantitative estimate of drug-likeness (QED) is 0.512. The molecule has 0 heterocycles. The van der Waals surface area contributed by atoms with Gasteiger partial charge in [-0.05, 0) is 41.4 Å². The molecule has 0 amide bonds. The Bertz CT molecular complexity index is 216. The molecule has 0 heteroatoms. The summed E-state index contributed by atoms with van der Waals surface area (Å²) < 4.78 is 0. The number of rotatable bonds is 0. The second-order valence-electron chi connectivity index (χ2n) is 6.22. The van der Waals surface area contributed by atoms with Crippen LogP contribution in [-0.4, -0.2) is 0 Å². The van der Waals surface area contributed by atoms with Crippen LogP contribution in [0, 0.1) is 22.2 Å². The van der Waals surface area contributed by atoms with Crippen molar-refractivity contribution in [3.8, 4) is 0 Å². The normalized spacial score (nSPS) is 56.2. The van der Waals surface area contributed by atoms with E-state index in [0.717, 1.165) is 5.92 Å². The van der Waals surface area contributed by atoms with Crippen LogP contribution in [-0.2, 0) is 0 Å². The maximum Gasteiger partial charge on any atom is -0.0218 e. The summed E-state index contributed by atoms with van der Waals surface area (Å²) in [5, 5.41) is 0. The molecule has 0 aromatic heterocycles. The highest BCUT2D eigenvalue weighted by Gasteiger charge is 2.66. The van der Waals surface area contributed by atoms with E-state index in [1.165, 1.54) is 19.3 Å². The molecule has 2 aliphatic rings. The molecule has 2 fully saturated rings. The number of hydrogen-bond acceptors (Lipinski definition) is 0. The van der Waals surface area contributed by atoms with Gasteiger partial charge in [0.15, 0.2) is 0 Å². The highest BCUT2D eigenvalue weighted by Crippen LogP contribution is 2.74. The fourth-order valence-electron chi connectivity index (χ4n) is 3.83. The van der Waals surface area contributed by atoms with Gasteiger partial charge >= 0.3 is 0 Å². The molecular weight excluding hydrogens is 144 g/mol. The molecule has 0 radical (unpaired) electrons. The van der Waals surface area contributed by atoms with E-state index in [9.17, 15) is 0 Å². The van der Waals surface area contributed by atoms with Crippen molar-refractivity contribution in [2.24, 2.45) is 22.2 Å². The zero-order valence-electron chi connectivity index (χ0n) is 9.20. The summed E-state index contributed by atoms with van der Waals surface area (Å²) in [5.41, 5.74) is 1.88. The van der Waals surface area contributed by atoms with Gasteiger partial charge in [0.25, 0.3) is 0 Å². The van der Waals surface area contributed by atoms with Gasteiger partial charge in [-0.25, -0.2) is 0 Å². The minimum Gasteiger partial charge on any atom is -0.0620 e. The molecule has 0 spiro atoms. The summed E-state index contributed by atoms with van der Waals surface area (Å²) in [6.45, 7) is 12.4. The Kier molecular flexibility index (Phi) is 1.37. The van der Waals surface area contributed by atoms with Crippen LogP contribution in [0.25, 0.3) is 0 Å². The van der Waals surface area contributed by atoms with Crippen molar-refractivity contribution in [1.29, 1.82) is 0 Å². The highest BCUT2D eigenvalue weighted by atomic mass is 14.7. The van der Waals surface area contributed by atoms with Gasteiger partial charge in [0.1, 0.15) is 0 Å². The third kappa shape index (κ3) is 0.625. The van der Waals surface area contributed by atoms with Crippen LogP contribution in [0.2, 0.25) is 0 Å². The molecule has 0 N–H and O–H groups in total. The minimum atomic E-state index is 0.569. The van der Waals surface area contributed by atoms with Crippen LogP contribution >= 0.6 is 0 Å². The zero-order chi connectivity index (χ0) is 9.20. The fraction of sp³-hybridized carbons (Fsp3) is 1.00. The molecule has 0 aromatic carbocycles. The molecule has 0 nitrogen and oxygen atoms in total. The van der Waals surface area contributed by atoms with Crippen molar-refractivity contribution >= 4 is 0 Å². The van der Waals surface area contributed by atoms with Gasteiger partial charge in [0.2, 0.25) is 0 Å². The monoisotopic (exact) mass is 166 g/mol. The van der Waals surface area contributed by atoms with E-state index in [4.69, 9.17) is 0 Å². The van der Waals surface area contributed by atoms with E-state index in [0.29, 0.717) is 16.2 Å². The molecule has 2 rings (SSSR count). The summed E-state index contributed by atoms with van der Waals surface area (Å²) in [5.74, 6) is 0.912. The van der Waals surface area contributed by atoms with E-state index in [2.05, 4.69) is 34.6 Å². The molecular formula is C12H22. The lowest BCUT2D eigenvalue weighted by Gasteiger charge is -2.58. The van der Waals surface area contributed by atoms with Crippen molar-refractivity contribution < 1.29 is 0 Å². The Labute approximate surface area is 76.7 Å². The molecule has 0 saturated heterocycles. The number of hydrogen-bond donors (Lipinski definition) is 0. The molecule has 70 valence electrons. The van der Waals surface area contributed by atoms with Gasteiger partial charge in [0.05, 0.1) is 0 Å². The highest BCUT2D eigenvalue weighted by molar-refractivity contribution is 5.15. The Morgan fingerprint density at radius 3 is 1.75 bits per heavy atom. The average molecular weight is 166 g/mol. The van der Waals surface area contributed by atoms with Crippen molar-refractivity contribution in [3.05, 3.63) is 0 Å². The van der Waals surface area contributed by atoms with Crippen LogP contribution < -0.4 is 0 Å². The second kappa shape index (κ2) is 1.91. The van der Waals surface area contributed by atoms with E-state index < -0.39 is 0 Å². The maximum absolute atomic E-state index is 2.51. The van der Waals surface area contributed by atoms with Crippen molar-refractivity contribution in [3.63, 3.8) is 0 Å². The molecule has 0 aliphatic heterocycles. The Morgan fingerprint density at radius 1 is 1.00 bits per heavy atom. The van der Waals surface area contributed by atoms with Gasteiger partial charge in [-0.15, -0.1) is 0 Å².